The summed E-state index contributed by atoms with van der Waals surface area (Å²) in [6.07, 6.45) is -4.39. The van der Waals surface area contributed by atoms with Crippen molar-refractivity contribution < 1.29 is 22.9 Å². The summed E-state index contributed by atoms with van der Waals surface area (Å²) >= 11 is 0. The molecule has 1 aliphatic heterocycles. The minimum Gasteiger partial charge on any atom is -0.412 e. The lowest BCUT2D eigenvalue weighted by molar-refractivity contribution is -0.137. The van der Waals surface area contributed by atoms with Crippen molar-refractivity contribution >= 4 is 11.0 Å². The highest BCUT2D eigenvalue weighted by Gasteiger charge is 2.31. The van der Waals surface area contributed by atoms with Crippen LogP contribution in [0.15, 0.2) is 89.8 Å². The summed E-state index contributed by atoms with van der Waals surface area (Å²) < 4.78 is 53.1. The number of nitrogens with zero attached hydrogens (tertiary/aromatic N) is 2. The molecule has 3 aromatic rings. The quantitative estimate of drug-likeness (QED) is 0.567. The molecule has 4 nitrogen and oxygen atoms in total. The number of hydrogen-bond acceptors (Lipinski definition) is 2. The van der Waals surface area contributed by atoms with E-state index >= 15 is 0 Å². The zero-order chi connectivity index (χ0) is 21.8. The molecule has 1 saturated heterocycles. The van der Waals surface area contributed by atoms with E-state index in [9.17, 15) is 17.4 Å². The zero-order valence-corrected chi connectivity index (χ0v) is 18.1. The van der Waals surface area contributed by atoms with E-state index in [1.165, 1.54) is 23.3 Å². The number of rotatable bonds is 5. The van der Waals surface area contributed by atoms with Crippen molar-refractivity contribution in [2.24, 2.45) is 0 Å². The molecule has 0 aromatic heterocycles. The summed E-state index contributed by atoms with van der Waals surface area (Å²) in [5, 5.41) is 0. The average Bonchev–Trinajstić information content (AvgIpc) is 2.80. The molecule has 3 aromatic carbocycles. The lowest BCUT2D eigenvalue weighted by Crippen LogP contribution is -2.48. The molecule has 170 valence electrons. The summed E-state index contributed by atoms with van der Waals surface area (Å²) in [5.74, 6) is 0. The van der Waals surface area contributed by atoms with Gasteiger partial charge >= 0.3 is 6.18 Å². The predicted octanol–water partition coefficient (Wildman–Crippen LogP) is 4.31. The number of benzene rings is 3. The Hall–Kier alpha value is -2.52. The maximum Gasteiger partial charge on any atom is 0.416 e. The summed E-state index contributed by atoms with van der Waals surface area (Å²) in [4.78, 5) is 2.76. The van der Waals surface area contributed by atoms with Gasteiger partial charge in [-0.1, -0.05) is 60.7 Å². The predicted molar refractivity (Wildman–Crippen MR) is 119 cm³/mol. The first-order valence-corrected chi connectivity index (χ1v) is 11.2. The van der Waals surface area contributed by atoms with Gasteiger partial charge in [0.25, 0.3) is 0 Å². The van der Waals surface area contributed by atoms with Crippen LogP contribution < -0.4 is 0 Å². The summed E-state index contributed by atoms with van der Waals surface area (Å²) in [7, 11) is -1.48. The van der Waals surface area contributed by atoms with E-state index in [4.69, 9.17) is 0 Å². The Morgan fingerprint density at radius 3 is 1.62 bits per heavy atom. The maximum atomic E-state index is 12.9. The van der Waals surface area contributed by atoms with Crippen LogP contribution in [0.5, 0.6) is 0 Å². The van der Waals surface area contributed by atoms with Crippen molar-refractivity contribution in [2.45, 2.75) is 17.1 Å². The molecule has 0 amide bonds. The van der Waals surface area contributed by atoms with Gasteiger partial charge in [-0.25, -0.2) is 8.51 Å². The molecular formula is C24H25F3N2O2S. The van der Waals surface area contributed by atoms with Crippen LogP contribution in [0, 0.1) is 0 Å². The molecule has 1 heterocycles. The topological polar surface area (TPSA) is 55.1 Å². The third-order valence-electron chi connectivity index (χ3n) is 5.49. The van der Waals surface area contributed by atoms with Gasteiger partial charge in [0.2, 0.25) is 0 Å². The van der Waals surface area contributed by atoms with Gasteiger partial charge in [-0.05, 0) is 35.4 Å². The molecule has 0 saturated carbocycles. The minimum atomic E-state index is -4.39. The normalized spacial score (nSPS) is 16.5. The van der Waals surface area contributed by atoms with Crippen molar-refractivity contribution in [1.29, 1.82) is 0 Å². The summed E-state index contributed by atoms with van der Waals surface area (Å²) in [6.45, 7) is 2.56. The molecule has 1 atom stereocenters. The van der Waals surface area contributed by atoms with E-state index in [0.717, 1.165) is 12.1 Å². The highest BCUT2D eigenvalue weighted by Crippen LogP contribution is 2.31. The Kier molecular flexibility index (Phi) is 7.84. The molecule has 32 heavy (non-hydrogen) atoms. The number of halogens is 3. The lowest BCUT2D eigenvalue weighted by Gasteiger charge is -2.39. The minimum absolute atomic E-state index is 0. The monoisotopic (exact) mass is 462 g/mol. The Morgan fingerprint density at radius 1 is 0.719 bits per heavy atom. The Morgan fingerprint density at radius 2 is 1.19 bits per heavy atom. The van der Waals surface area contributed by atoms with E-state index in [1.807, 2.05) is 40.7 Å². The van der Waals surface area contributed by atoms with Crippen LogP contribution in [0.1, 0.15) is 22.7 Å². The third-order valence-corrected chi connectivity index (χ3v) is 7.00. The Balaban J connectivity index is 0.00000289. The second-order valence-electron chi connectivity index (χ2n) is 7.46. The first-order valence-electron chi connectivity index (χ1n) is 10.1. The first kappa shape index (κ1) is 24.1. The van der Waals surface area contributed by atoms with Crippen LogP contribution in [0.4, 0.5) is 13.2 Å². The second-order valence-corrected chi connectivity index (χ2v) is 8.95. The molecule has 4 rings (SSSR count). The third kappa shape index (κ3) is 5.45. The van der Waals surface area contributed by atoms with Gasteiger partial charge < -0.3 is 5.48 Å². The van der Waals surface area contributed by atoms with Crippen molar-refractivity contribution in [3.63, 3.8) is 0 Å². The number of piperazine rings is 1. The standard InChI is InChI=1S/C24H23F3N2OS.H2O/c25-24(26,27)21-11-13-22(14-12-21)31(30)29-17-15-28(16-18-29)23(19-7-3-1-4-8-19)20-9-5-2-6-10-20;/h1-14,23H,15-18H2;1H2. The van der Waals surface area contributed by atoms with Crippen LogP contribution in [0.3, 0.4) is 0 Å². The zero-order valence-electron chi connectivity index (χ0n) is 17.3. The SMILES string of the molecule is O.O=S(c1ccc(C(F)(F)F)cc1)N1CCN(C(c2ccccc2)c2ccccc2)CC1. The number of hydrogen-bond donors (Lipinski definition) is 0. The van der Waals surface area contributed by atoms with Crippen LogP contribution in [0.25, 0.3) is 0 Å². The summed E-state index contributed by atoms with van der Waals surface area (Å²) in [5.41, 5.74) is 1.67. The van der Waals surface area contributed by atoms with Gasteiger partial charge in [0.05, 0.1) is 16.5 Å². The van der Waals surface area contributed by atoms with Crippen molar-refractivity contribution in [1.82, 2.24) is 9.21 Å². The highest BCUT2D eigenvalue weighted by molar-refractivity contribution is 7.82. The molecule has 0 radical (unpaired) electrons. The van der Waals surface area contributed by atoms with Crippen LogP contribution in [0.2, 0.25) is 0 Å². The van der Waals surface area contributed by atoms with E-state index in [0.29, 0.717) is 31.1 Å². The van der Waals surface area contributed by atoms with Crippen LogP contribution in [-0.4, -0.2) is 45.1 Å². The van der Waals surface area contributed by atoms with Gasteiger partial charge in [-0.3, -0.25) is 4.90 Å². The van der Waals surface area contributed by atoms with Gasteiger partial charge in [0, 0.05) is 26.2 Å². The van der Waals surface area contributed by atoms with E-state index in [1.54, 1.807) is 0 Å². The van der Waals surface area contributed by atoms with Gasteiger partial charge in [0.15, 0.2) is 0 Å². The summed E-state index contributed by atoms with van der Waals surface area (Å²) in [6, 6.07) is 25.3. The van der Waals surface area contributed by atoms with Crippen LogP contribution >= 0.6 is 0 Å². The molecule has 0 spiro atoms. The molecule has 1 aliphatic rings. The van der Waals surface area contributed by atoms with E-state index < -0.39 is 22.7 Å². The van der Waals surface area contributed by atoms with Crippen molar-refractivity contribution in [2.75, 3.05) is 26.2 Å². The fourth-order valence-corrected chi connectivity index (χ4v) is 5.08. The Labute approximate surface area is 188 Å². The smallest absolute Gasteiger partial charge is 0.412 e. The molecule has 0 aliphatic carbocycles. The molecule has 1 unspecified atom stereocenters. The second kappa shape index (κ2) is 10.4. The van der Waals surface area contributed by atoms with Crippen molar-refractivity contribution in [3.8, 4) is 0 Å². The van der Waals surface area contributed by atoms with Crippen LogP contribution in [-0.2, 0) is 17.2 Å². The van der Waals surface area contributed by atoms with E-state index in [-0.39, 0.29) is 11.5 Å². The van der Waals surface area contributed by atoms with Crippen molar-refractivity contribution in [3.05, 3.63) is 102 Å². The van der Waals surface area contributed by atoms with Gasteiger partial charge in [-0.15, -0.1) is 0 Å². The Bertz CT molecular complexity index is 967. The fourth-order valence-electron chi connectivity index (χ4n) is 3.92. The average molecular weight is 463 g/mol. The molecule has 8 heteroatoms. The maximum absolute atomic E-state index is 12.9. The molecule has 0 bridgehead atoms. The lowest BCUT2D eigenvalue weighted by atomic mass is 9.96. The van der Waals surface area contributed by atoms with Gasteiger partial charge in [0.1, 0.15) is 11.0 Å². The largest absolute Gasteiger partial charge is 0.416 e. The first-order chi connectivity index (χ1) is 14.9. The molecular weight excluding hydrogens is 437 g/mol. The van der Waals surface area contributed by atoms with Gasteiger partial charge in [-0.2, -0.15) is 13.2 Å². The fraction of sp³-hybridized carbons (Fsp3) is 0.250. The highest BCUT2D eigenvalue weighted by atomic mass is 32.2. The molecule has 1 fully saturated rings. The van der Waals surface area contributed by atoms with E-state index in [2.05, 4.69) is 29.2 Å². The number of alkyl halides is 3. The molecule has 2 N–H and O–H groups in total.